The lowest BCUT2D eigenvalue weighted by Crippen LogP contribution is -2.57. The largest absolute Gasteiger partial charge is 0.435 e. The van der Waals surface area contributed by atoms with Crippen molar-refractivity contribution < 1.29 is 27.8 Å². The predicted octanol–water partition coefficient (Wildman–Crippen LogP) is 4.07. The predicted molar refractivity (Wildman–Crippen MR) is 116 cm³/mol. The van der Waals surface area contributed by atoms with Crippen molar-refractivity contribution in [3.63, 3.8) is 0 Å². The number of hydrogen-bond acceptors (Lipinski definition) is 5. The maximum Gasteiger partial charge on any atom is 0.387 e. The number of likely N-dealkylation sites (tertiary alicyclic amines) is 1. The third-order valence-corrected chi connectivity index (χ3v) is 6.02. The molecule has 2 aliphatic heterocycles. The molecule has 0 aromatic heterocycles. The maximum absolute atomic E-state index is 12.6. The number of alkyl halides is 2. The van der Waals surface area contributed by atoms with Gasteiger partial charge in [0.1, 0.15) is 5.75 Å². The van der Waals surface area contributed by atoms with Crippen LogP contribution >= 0.6 is 0 Å². The molecule has 0 bridgehead atoms. The Kier molecular flexibility index (Phi) is 7.34. The van der Waals surface area contributed by atoms with Gasteiger partial charge in [-0.15, -0.1) is 0 Å². The first-order valence-corrected chi connectivity index (χ1v) is 10.9. The molecule has 4 rings (SSSR count). The van der Waals surface area contributed by atoms with Crippen LogP contribution in [0.1, 0.15) is 24.8 Å². The Bertz CT molecular complexity index is 873. The Balaban J connectivity index is 1.33. The summed E-state index contributed by atoms with van der Waals surface area (Å²) in [6.07, 6.45) is 2.70. The van der Waals surface area contributed by atoms with Crippen molar-refractivity contribution in [3.8, 4) is 5.75 Å². The van der Waals surface area contributed by atoms with E-state index in [0.717, 1.165) is 38.0 Å². The fourth-order valence-electron chi connectivity index (χ4n) is 4.41. The molecule has 8 heteroatoms. The van der Waals surface area contributed by atoms with Gasteiger partial charge in [-0.2, -0.15) is 8.78 Å². The lowest BCUT2D eigenvalue weighted by Gasteiger charge is -2.44. The summed E-state index contributed by atoms with van der Waals surface area (Å²) in [4.78, 5) is 14.6. The average molecular weight is 446 g/mol. The SMILES string of the molecule is O=C(CN1CC[C@@]2(CCCO2)[C@@H](OCc2ccccc2)C1)Nc1ccc(OC(F)F)cc1. The Morgan fingerprint density at radius 3 is 2.62 bits per heavy atom. The van der Waals surface area contributed by atoms with Crippen molar-refractivity contribution in [2.75, 3.05) is 31.6 Å². The minimum atomic E-state index is -2.88. The molecule has 2 aliphatic rings. The van der Waals surface area contributed by atoms with Gasteiger partial charge in [0.25, 0.3) is 0 Å². The van der Waals surface area contributed by atoms with Crippen LogP contribution in [0.3, 0.4) is 0 Å². The van der Waals surface area contributed by atoms with Crippen LogP contribution in [-0.4, -0.2) is 55.4 Å². The monoisotopic (exact) mass is 446 g/mol. The van der Waals surface area contributed by atoms with Gasteiger partial charge in [-0.05, 0) is 49.1 Å². The molecule has 2 aromatic rings. The molecule has 2 heterocycles. The van der Waals surface area contributed by atoms with Crippen LogP contribution in [0.15, 0.2) is 54.6 Å². The third kappa shape index (κ3) is 5.82. The van der Waals surface area contributed by atoms with Crippen LogP contribution in [0.25, 0.3) is 0 Å². The number of hydrogen-bond donors (Lipinski definition) is 1. The van der Waals surface area contributed by atoms with Crippen molar-refractivity contribution in [3.05, 3.63) is 60.2 Å². The number of carbonyl (C=O) groups excluding carboxylic acids is 1. The van der Waals surface area contributed by atoms with E-state index in [-0.39, 0.29) is 29.9 Å². The minimum absolute atomic E-state index is 0.0503. The van der Waals surface area contributed by atoms with Gasteiger partial charge >= 0.3 is 6.61 Å². The third-order valence-electron chi connectivity index (χ3n) is 6.02. The molecule has 2 saturated heterocycles. The molecule has 0 aliphatic carbocycles. The molecule has 2 aromatic carbocycles. The molecule has 2 fully saturated rings. The van der Waals surface area contributed by atoms with Crippen molar-refractivity contribution >= 4 is 11.6 Å². The first-order valence-electron chi connectivity index (χ1n) is 10.9. The van der Waals surface area contributed by atoms with Crippen molar-refractivity contribution in [1.82, 2.24) is 4.90 Å². The van der Waals surface area contributed by atoms with E-state index in [1.807, 2.05) is 30.3 Å². The Morgan fingerprint density at radius 1 is 1.16 bits per heavy atom. The van der Waals surface area contributed by atoms with Crippen LogP contribution in [0.5, 0.6) is 5.75 Å². The molecule has 1 amide bonds. The zero-order chi connectivity index (χ0) is 22.4. The summed E-state index contributed by atoms with van der Waals surface area (Å²) in [6.45, 7) is -0.0444. The van der Waals surface area contributed by atoms with Gasteiger partial charge < -0.3 is 19.5 Å². The molecule has 1 spiro atoms. The standard InChI is InChI=1S/C24H28F2N2O4/c25-23(26)32-20-9-7-19(8-10-20)27-22(29)16-28-13-12-24(11-4-14-31-24)21(15-28)30-17-18-5-2-1-3-6-18/h1-3,5-10,21,23H,4,11-17H2,(H,27,29)/t21-,24-/m0/s1. The smallest absolute Gasteiger partial charge is 0.387 e. The van der Waals surface area contributed by atoms with Crippen LogP contribution in [0, 0.1) is 0 Å². The van der Waals surface area contributed by atoms with E-state index in [1.54, 1.807) is 12.1 Å². The zero-order valence-electron chi connectivity index (χ0n) is 17.8. The Hall–Kier alpha value is -2.55. The van der Waals surface area contributed by atoms with Gasteiger partial charge in [-0.1, -0.05) is 30.3 Å². The fourth-order valence-corrected chi connectivity index (χ4v) is 4.41. The summed E-state index contributed by atoms with van der Waals surface area (Å²) in [5.74, 6) is -0.119. The minimum Gasteiger partial charge on any atom is -0.435 e. The molecule has 0 unspecified atom stereocenters. The molecule has 0 saturated carbocycles. The highest BCUT2D eigenvalue weighted by Crippen LogP contribution is 2.38. The summed E-state index contributed by atoms with van der Waals surface area (Å²) >= 11 is 0. The highest BCUT2D eigenvalue weighted by atomic mass is 19.3. The number of rotatable bonds is 8. The van der Waals surface area contributed by atoms with E-state index in [0.29, 0.717) is 18.8 Å². The summed E-state index contributed by atoms with van der Waals surface area (Å²) in [5, 5.41) is 2.81. The van der Waals surface area contributed by atoms with E-state index in [1.165, 1.54) is 12.1 Å². The van der Waals surface area contributed by atoms with E-state index in [9.17, 15) is 13.6 Å². The summed E-state index contributed by atoms with van der Waals surface area (Å²) in [7, 11) is 0. The van der Waals surface area contributed by atoms with Gasteiger partial charge in [-0.3, -0.25) is 9.69 Å². The number of benzene rings is 2. The van der Waals surface area contributed by atoms with Crippen molar-refractivity contribution in [1.29, 1.82) is 0 Å². The molecular weight excluding hydrogens is 418 g/mol. The summed E-state index contributed by atoms with van der Waals surface area (Å²) in [6, 6.07) is 15.9. The number of piperidine rings is 1. The van der Waals surface area contributed by atoms with Crippen LogP contribution in [-0.2, 0) is 20.9 Å². The molecule has 1 N–H and O–H groups in total. The fraction of sp³-hybridized carbons (Fsp3) is 0.458. The highest BCUT2D eigenvalue weighted by Gasteiger charge is 2.47. The second kappa shape index (κ2) is 10.4. The molecule has 0 radical (unpaired) electrons. The number of halogens is 2. The second-order valence-electron chi connectivity index (χ2n) is 8.24. The number of ether oxygens (including phenoxy) is 3. The van der Waals surface area contributed by atoms with Gasteiger partial charge in [0.15, 0.2) is 0 Å². The van der Waals surface area contributed by atoms with Crippen molar-refractivity contribution in [2.45, 2.75) is 44.2 Å². The van der Waals surface area contributed by atoms with Crippen molar-refractivity contribution in [2.24, 2.45) is 0 Å². The first-order chi connectivity index (χ1) is 15.5. The first kappa shape index (κ1) is 22.6. The van der Waals surface area contributed by atoms with Crippen LogP contribution in [0.4, 0.5) is 14.5 Å². The molecule has 2 atom stereocenters. The molecule has 32 heavy (non-hydrogen) atoms. The highest BCUT2D eigenvalue weighted by molar-refractivity contribution is 5.92. The lowest BCUT2D eigenvalue weighted by atomic mass is 9.85. The molecule has 172 valence electrons. The number of amides is 1. The number of nitrogens with zero attached hydrogens (tertiary/aromatic N) is 1. The van der Waals surface area contributed by atoms with E-state index in [2.05, 4.69) is 15.0 Å². The summed E-state index contributed by atoms with van der Waals surface area (Å²) in [5.41, 5.74) is 1.36. The average Bonchev–Trinajstić information content (AvgIpc) is 3.25. The topological polar surface area (TPSA) is 60.0 Å². The van der Waals surface area contributed by atoms with E-state index >= 15 is 0 Å². The maximum atomic E-state index is 12.6. The van der Waals surface area contributed by atoms with Gasteiger partial charge in [0.05, 0.1) is 24.9 Å². The number of carbonyl (C=O) groups is 1. The number of nitrogens with one attached hydrogen (secondary N) is 1. The van der Waals surface area contributed by atoms with E-state index in [4.69, 9.17) is 9.47 Å². The zero-order valence-corrected chi connectivity index (χ0v) is 17.8. The number of anilines is 1. The normalized spacial score (nSPS) is 23.5. The quantitative estimate of drug-likeness (QED) is 0.663. The Morgan fingerprint density at radius 2 is 1.94 bits per heavy atom. The second-order valence-corrected chi connectivity index (χ2v) is 8.24. The lowest BCUT2D eigenvalue weighted by molar-refractivity contribution is -0.159. The Labute approximate surface area is 186 Å². The van der Waals surface area contributed by atoms with Crippen LogP contribution < -0.4 is 10.1 Å². The summed E-state index contributed by atoms with van der Waals surface area (Å²) < 4.78 is 41.3. The van der Waals surface area contributed by atoms with Crippen LogP contribution in [0.2, 0.25) is 0 Å². The van der Waals surface area contributed by atoms with Gasteiger partial charge in [0, 0.05) is 25.4 Å². The van der Waals surface area contributed by atoms with E-state index < -0.39 is 6.61 Å². The molecule has 6 nitrogen and oxygen atoms in total. The molecular formula is C24H28F2N2O4. The van der Waals surface area contributed by atoms with Gasteiger partial charge in [-0.25, -0.2) is 0 Å². The van der Waals surface area contributed by atoms with Gasteiger partial charge in [0.2, 0.25) is 5.91 Å².